The molecule has 0 saturated heterocycles. The lowest BCUT2D eigenvalue weighted by Crippen LogP contribution is -2.24. The van der Waals surface area contributed by atoms with Crippen LogP contribution in [0.1, 0.15) is 21.5 Å². The van der Waals surface area contributed by atoms with E-state index < -0.39 is 0 Å². The van der Waals surface area contributed by atoms with Gasteiger partial charge in [-0.05, 0) is 44.9 Å². The Kier molecular flexibility index (Phi) is 12.5. The number of benzene rings is 2. The lowest BCUT2D eigenvalue weighted by Gasteiger charge is -2.19. The van der Waals surface area contributed by atoms with Crippen LogP contribution in [0.4, 0.5) is 0 Å². The van der Waals surface area contributed by atoms with Crippen LogP contribution in [0.25, 0.3) is 0 Å². The number of hydrogen-bond donors (Lipinski definition) is 0. The molecule has 0 aliphatic heterocycles. The molecule has 0 aromatic heterocycles. The number of ether oxygens (including phenoxy) is 2. The molecule has 0 unspecified atom stereocenters. The third kappa shape index (κ3) is 8.48. The Morgan fingerprint density at radius 1 is 0.964 bits per heavy atom. The predicted octanol–water partition coefficient (Wildman–Crippen LogP) is 3.89. The van der Waals surface area contributed by atoms with Crippen molar-refractivity contribution in [3.8, 4) is 5.75 Å². The van der Waals surface area contributed by atoms with Crippen LogP contribution in [0.3, 0.4) is 0 Å². The Bertz CT molecular complexity index is 712. The molecule has 0 amide bonds. The molecule has 0 fully saturated rings. The van der Waals surface area contributed by atoms with E-state index in [2.05, 4.69) is 36.2 Å². The quantitative estimate of drug-likeness (QED) is 0.566. The van der Waals surface area contributed by atoms with Crippen molar-refractivity contribution in [2.45, 2.75) is 13.1 Å². The van der Waals surface area contributed by atoms with Crippen molar-refractivity contribution in [1.29, 1.82) is 0 Å². The second-order valence-corrected chi connectivity index (χ2v) is 6.62. The first-order valence-electron chi connectivity index (χ1n) is 8.71. The number of esters is 1. The number of likely N-dealkylation sites (N-methyl/N-ethyl adjacent to an activating group) is 1. The maximum atomic E-state index is 11.8. The van der Waals surface area contributed by atoms with Crippen LogP contribution in [0.5, 0.6) is 5.75 Å². The van der Waals surface area contributed by atoms with Gasteiger partial charge >= 0.3 is 5.97 Å². The van der Waals surface area contributed by atoms with E-state index in [0.717, 1.165) is 24.4 Å². The monoisotopic (exact) mass is 428 g/mol. The Morgan fingerprint density at radius 2 is 1.64 bits per heavy atom. The average molecular weight is 429 g/mol. The molecule has 0 aliphatic carbocycles. The van der Waals surface area contributed by atoms with Gasteiger partial charge in [-0.3, -0.25) is 4.90 Å². The Labute approximate surface area is 180 Å². The summed E-state index contributed by atoms with van der Waals surface area (Å²) in [4.78, 5) is 16.0. The number of nitrogens with zero attached hydrogens (tertiary/aromatic N) is 2. The normalized spacial score (nSPS) is 10.2. The van der Waals surface area contributed by atoms with Crippen LogP contribution in [0.2, 0.25) is 0 Å². The number of hydrogen-bond acceptors (Lipinski definition) is 5. The van der Waals surface area contributed by atoms with E-state index in [0.29, 0.717) is 18.7 Å². The number of carbonyl (C=O) groups is 1. The topological polar surface area (TPSA) is 42.0 Å². The van der Waals surface area contributed by atoms with Crippen LogP contribution in [-0.4, -0.2) is 57.2 Å². The Balaban J connectivity index is 0.00000364. The summed E-state index contributed by atoms with van der Waals surface area (Å²) in [6.07, 6.45) is 0. The molecule has 2 rings (SSSR count). The standard InChI is InChI=1S/C21H28N2O3.2ClH/c1-22(2)16-19-14-18(21(24)25-4)10-11-20(19)26-13-12-23(3)15-17-8-6-5-7-9-17;;/h5-11,14H,12-13,15-16H2,1-4H3;2*1H. The molecule has 0 N–H and O–H groups in total. The van der Waals surface area contributed by atoms with E-state index in [4.69, 9.17) is 9.47 Å². The summed E-state index contributed by atoms with van der Waals surface area (Å²) in [5.41, 5.74) is 2.80. The number of halogens is 2. The highest BCUT2D eigenvalue weighted by Crippen LogP contribution is 2.22. The minimum atomic E-state index is -0.334. The lowest BCUT2D eigenvalue weighted by atomic mass is 10.1. The molecule has 7 heteroatoms. The van der Waals surface area contributed by atoms with E-state index in [1.807, 2.05) is 37.2 Å². The number of rotatable bonds is 9. The average Bonchev–Trinajstić information content (AvgIpc) is 2.62. The van der Waals surface area contributed by atoms with Gasteiger partial charge in [0, 0.05) is 25.2 Å². The summed E-state index contributed by atoms with van der Waals surface area (Å²) >= 11 is 0. The van der Waals surface area contributed by atoms with Gasteiger partial charge < -0.3 is 14.4 Å². The molecule has 0 bridgehead atoms. The Morgan fingerprint density at radius 3 is 2.25 bits per heavy atom. The van der Waals surface area contributed by atoms with E-state index in [1.54, 1.807) is 6.07 Å². The van der Waals surface area contributed by atoms with Crippen LogP contribution >= 0.6 is 24.8 Å². The van der Waals surface area contributed by atoms with Crippen LogP contribution in [0.15, 0.2) is 48.5 Å². The van der Waals surface area contributed by atoms with Crippen LogP contribution in [-0.2, 0) is 17.8 Å². The van der Waals surface area contributed by atoms with Crippen LogP contribution < -0.4 is 4.74 Å². The summed E-state index contributed by atoms with van der Waals surface area (Å²) in [5.74, 6) is 0.471. The zero-order valence-electron chi connectivity index (χ0n) is 16.9. The highest BCUT2D eigenvalue weighted by atomic mass is 35.5. The second-order valence-electron chi connectivity index (χ2n) is 6.62. The van der Waals surface area contributed by atoms with Gasteiger partial charge in [0.25, 0.3) is 0 Å². The molecule has 5 nitrogen and oxygen atoms in total. The summed E-state index contributed by atoms with van der Waals surface area (Å²) < 4.78 is 10.8. The smallest absolute Gasteiger partial charge is 0.337 e. The first-order chi connectivity index (χ1) is 12.5. The second kappa shape index (κ2) is 13.4. The van der Waals surface area contributed by atoms with Crippen molar-refractivity contribution in [2.75, 3.05) is 41.4 Å². The fourth-order valence-corrected chi connectivity index (χ4v) is 2.71. The fraction of sp³-hybridized carbons (Fsp3) is 0.381. The lowest BCUT2D eigenvalue weighted by molar-refractivity contribution is 0.0600. The van der Waals surface area contributed by atoms with E-state index in [1.165, 1.54) is 12.7 Å². The fourth-order valence-electron chi connectivity index (χ4n) is 2.71. The molecule has 0 atom stereocenters. The summed E-state index contributed by atoms with van der Waals surface area (Å²) in [7, 11) is 7.45. The predicted molar refractivity (Wildman–Crippen MR) is 118 cm³/mol. The highest BCUT2D eigenvalue weighted by molar-refractivity contribution is 5.89. The maximum Gasteiger partial charge on any atom is 0.337 e. The molecule has 0 aliphatic rings. The maximum absolute atomic E-state index is 11.8. The molecule has 156 valence electrons. The molecule has 0 spiro atoms. The van der Waals surface area contributed by atoms with Gasteiger partial charge in [0.1, 0.15) is 12.4 Å². The van der Waals surface area contributed by atoms with Crippen molar-refractivity contribution in [3.63, 3.8) is 0 Å². The van der Waals surface area contributed by atoms with Gasteiger partial charge in [-0.1, -0.05) is 30.3 Å². The molecule has 28 heavy (non-hydrogen) atoms. The molecule has 0 radical (unpaired) electrons. The first kappa shape index (κ1) is 26.2. The van der Waals surface area contributed by atoms with E-state index in [9.17, 15) is 4.79 Å². The molecule has 0 heterocycles. The van der Waals surface area contributed by atoms with E-state index in [-0.39, 0.29) is 30.8 Å². The van der Waals surface area contributed by atoms with Gasteiger partial charge in [0.05, 0.1) is 12.7 Å². The number of methoxy groups -OCH3 is 1. The van der Waals surface area contributed by atoms with Crippen LogP contribution in [0, 0.1) is 0 Å². The van der Waals surface area contributed by atoms with E-state index >= 15 is 0 Å². The Hall–Kier alpha value is -1.79. The van der Waals surface area contributed by atoms with Crippen molar-refractivity contribution < 1.29 is 14.3 Å². The third-order valence-electron chi connectivity index (χ3n) is 3.99. The largest absolute Gasteiger partial charge is 0.492 e. The highest BCUT2D eigenvalue weighted by Gasteiger charge is 2.12. The van der Waals surface area contributed by atoms with Crippen molar-refractivity contribution >= 4 is 30.8 Å². The van der Waals surface area contributed by atoms with Crippen molar-refractivity contribution in [3.05, 3.63) is 65.2 Å². The van der Waals surface area contributed by atoms with Crippen molar-refractivity contribution in [2.24, 2.45) is 0 Å². The first-order valence-corrected chi connectivity index (χ1v) is 8.71. The van der Waals surface area contributed by atoms with Gasteiger partial charge in [-0.25, -0.2) is 4.79 Å². The number of carbonyl (C=O) groups excluding carboxylic acids is 1. The summed E-state index contributed by atoms with van der Waals surface area (Å²) in [6, 6.07) is 15.8. The van der Waals surface area contributed by atoms with Crippen molar-refractivity contribution in [1.82, 2.24) is 9.80 Å². The molecule has 0 saturated carbocycles. The van der Waals surface area contributed by atoms with Gasteiger partial charge in [-0.15, -0.1) is 24.8 Å². The van der Waals surface area contributed by atoms with Gasteiger partial charge in [-0.2, -0.15) is 0 Å². The molecular weight excluding hydrogens is 399 g/mol. The minimum Gasteiger partial charge on any atom is -0.492 e. The molecule has 2 aromatic rings. The SMILES string of the molecule is COC(=O)c1ccc(OCCN(C)Cc2ccccc2)c(CN(C)C)c1.Cl.Cl. The summed E-state index contributed by atoms with van der Waals surface area (Å²) in [5, 5.41) is 0. The zero-order valence-corrected chi connectivity index (χ0v) is 18.5. The third-order valence-corrected chi connectivity index (χ3v) is 3.99. The van der Waals surface area contributed by atoms with Gasteiger partial charge in [0.2, 0.25) is 0 Å². The van der Waals surface area contributed by atoms with Gasteiger partial charge in [0.15, 0.2) is 0 Å². The summed E-state index contributed by atoms with van der Waals surface area (Å²) in [6.45, 7) is 2.98. The minimum absolute atomic E-state index is 0. The molecular formula is C21H30Cl2N2O3. The molecule has 2 aromatic carbocycles. The zero-order chi connectivity index (χ0) is 18.9.